The van der Waals surface area contributed by atoms with Crippen molar-refractivity contribution in [3.63, 3.8) is 0 Å². The number of aryl methyl sites for hydroxylation is 1. The van der Waals surface area contributed by atoms with E-state index < -0.39 is 0 Å². The van der Waals surface area contributed by atoms with Gasteiger partial charge in [-0.2, -0.15) is 0 Å². The molecule has 0 aliphatic heterocycles. The molecule has 1 aliphatic carbocycles. The number of rotatable bonds is 6. The molecular formula is C22H34IN3O3. The van der Waals surface area contributed by atoms with Crippen LogP contribution in [0.5, 0.6) is 0 Å². The van der Waals surface area contributed by atoms with E-state index in [1.807, 2.05) is 13.0 Å². The van der Waals surface area contributed by atoms with E-state index >= 15 is 0 Å². The number of hydrogen-bond acceptors (Lipinski definition) is 4. The van der Waals surface area contributed by atoms with E-state index in [1.54, 1.807) is 6.20 Å². The number of anilines is 1. The molecule has 1 aromatic heterocycles. The van der Waals surface area contributed by atoms with Gasteiger partial charge in [-0.05, 0) is 72.2 Å². The first-order valence-electron chi connectivity index (χ1n) is 10.5. The zero-order valence-electron chi connectivity index (χ0n) is 18.2. The first-order chi connectivity index (χ1) is 13.6. The van der Waals surface area contributed by atoms with Gasteiger partial charge in [0.25, 0.3) is 0 Å². The van der Waals surface area contributed by atoms with Crippen LogP contribution in [0.4, 0.5) is 10.6 Å². The zero-order valence-corrected chi connectivity index (χ0v) is 20.3. The molecule has 0 radical (unpaired) electrons. The Morgan fingerprint density at radius 3 is 2.69 bits per heavy atom. The Bertz CT molecular complexity index is 718. The molecule has 1 saturated carbocycles. The Morgan fingerprint density at radius 2 is 2.07 bits per heavy atom. The highest BCUT2D eigenvalue weighted by Crippen LogP contribution is 2.28. The van der Waals surface area contributed by atoms with Crippen molar-refractivity contribution >= 4 is 40.4 Å². The van der Waals surface area contributed by atoms with Gasteiger partial charge in [0, 0.05) is 21.7 Å². The van der Waals surface area contributed by atoms with Gasteiger partial charge in [0.15, 0.2) is 0 Å². The quantitative estimate of drug-likeness (QED) is 0.495. The number of halogens is 1. The van der Waals surface area contributed by atoms with Crippen LogP contribution in [0.25, 0.3) is 0 Å². The number of ether oxygens (including phenoxy) is 1. The molecule has 1 unspecified atom stereocenters. The maximum absolute atomic E-state index is 12.7. The first kappa shape index (κ1) is 23.9. The fraction of sp³-hybridized carbons (Fsp3) is 0.682. The lowest BCUT2D eigenvalue weighted by atomic mass is 9.85. The maximum atomic E-state index is 12.7. The van der Waals surface area contributed by atoms with Crippen molar-refractivity contribution in [2.45, 2.75) is 85.3 Å². The van der Waals surface area contributed by atoms with Crippen LogP contribution in [0.1, 0.15) is 71.8 Å². The van der Waals surface area contributed by atoms with Gasteiger partial charge in [0.05, 0.1) is 0 Å². The minimum Gasteiger partial charge on any atom is -0.446 e. The fourth-order valence-electron chi connectivity index (χ4n) is 3.62. The number of nitrogens with one attached hydrogen (secondary N) is 2. The average Bonchev–Trinajstić information content (AvgIpc) is 2.64. The maximum Gasteiger partial charge on any atom is 0.407 e. The van der Waals surface area contributed by atoms with E-state index in [1.165, 1.54) is 0 Å². The molecular weight excluding hydrogens is 481 g/mol. The van der Waals surface area contributed by atoms with Crippen molar-refractivity contribution in [1.29, 1.82) is 0 Å². The van der Waals surface area contributed by atoms with E-state index in [-0.39, 0.29) is 35.5 Å². The van der Waals surface area contributed by atoms with Crippen molar-refractivity contribution in [3.05, 3.63) is 21.4 Å². The third-order valence-electron chi connectivity index (χ3n) is 5.42. The molecule has 1 fully saturated rings. The summed E-state index contributed by atoms with van der Waals surface area (Å²) in [7, 11) is 0. The highest BCUT2D eigenvalue weighted by atomic mass is 127. The van der Waals surface area contributed by atoms with E-state index in [4.69, 9.17) is 4.74 Å². The van der Waals surface area contributed by atoms with Crippen LogP contribution in [0.15, 0.2) is 12.3 Å². The van der Waals surface area contributed by atoms with Gasteiger partial charge in [-0.3, -0.25) is 4.79 Å². The Balaban J connectivity index is 1.89. The summed E-state index contributed by atoms with van der Waals surface area (Å²) in [6.07, 6.45) is 6.29. The molecule has 0 saturated heterocycles. The molecule has 2 rings (SSSR count). The number of nitrogens with zero attached hydrogens (tertiary/aromatic N) is 1. The summed E-state index contributed by atoms with van der Waals surface area (Å²) in [5.74, 6) is 0.409. The Hall–Kier alpha value is -1.38. The lowest BCUT2D eigenvalue weighted by molar-refractivity contribution is -0.121. The summed E-state index contributed by atoms with van der Waals surface area (Å²) in [5.41, 5.74) is 0.988. The van der Waals surface area contributed by atoms with Crippen molar-refractivity contribution in [3.8, 4) is 0 Å². The van der Waals surface area contributed by atoms with Crippen LogP contribution in [-0.2, 0) is 9.53 Å². The summed E-state index contributed by atoms with van der Waals surface area (Å²) < 4.78 is 6.78. The van der Waals surface area contributed by atoms with Gasteiger partial charge in [-0.25, -0.2) is 9.78 Å². The molecule has 29 heavy (non-hydrogen) atoms. The second kappa shape index (κ2) is 10.6. The summed E-state index contributed by atoms with van der Waals surface area (Å²) in [6.45, 7) is 10.3. The van der Waals surface area contributed by atoms with Crippen LogP contribution >= 0.6 is 22.6 Å². The number of carbonyl (C=O) groups is 2. The number of alkyl carbamates (subject to hydrolysis) is 1. The van der Waals surface area contributed by atoms with Crippen LogP contribution < -0.4 is 10.6 Å². The number of carbonyl (C=O) groups excluding carboxylic acids is 2. The molecule has 1 heterocycles. The second-order valence-electron chi connectivity index (χ2n) is 9.06. The van der Waals surface area contributed by atoms with Crippen LogP contribution in [0.2, 0.25) is 0 Å². The van der Waals surface area contributed by atoms with Crippen molar-refractivity contribution in [1.82, 2.24) is 10.3 Å². The lowest BCUT2D eigenvalue weighted by Gasteiger charge is -2.32. The number of amides is 2. The Labute approximate surface area is 188 Å². The largest absolute Gasteiger partial charge is 0.446 e. The second-order valence-corrected chi connectivity index (χ2v) is 10.2. The van der Waals surface area contributed by atoms with E-state index in [0.29, 0.717) is 12.2 Å². The summed E-state index contributed by atoms with van der Waals surface area (Å²) in [5, 5.41) is 5.91. The minimum atomic E-state index is -0.376. The topological polar surface area (TPSA) is 80.3 Å². The van der Waals surface area contributed by atoms with Crippen LogP contribution in [-0.4, -0.2) is 29.1 Å². The summed E-state index contributed by atoms with van der Waals surface area (Å²) in [6, 6.07) is 1.84. The van der Waals surface area contributed by atoms with Gasteiger partial charge in [-0.1, -0.05) is 40.5 Å². The van der Waals surface area contributed by atoms with Crippen LogP contribution in [0, 0.1) is 21.8 Å². The molecule has 0 spiro atoms. The monoisotopic (exact) mass is 515 g/mol. The molecule has 6 nitrogen and oxygen atoms in total. The molecule has 1 aliphatic rings. The summed E-state index contributed by atoms with van der Waals surface area (Å²) >= 11 is 2.24. The summed E-state index contributed by atoms with van der Waals surface area (Å²) in [4.78, 5) is 29.4. The number of pyridine rings is 1. The van der Waals surface area contributed by atoms with E-state index in [0.717, 1.165) is 41.2 Å². The number of aromatic nitrogens is 1. The van der Waals surface area contributed by atoms with E-state index in [9.17, 15) is 9.59 Å². The predicted molar refractivity (Wildman–Crippen MR) is 124 cm³/mol. The van der Waals surface area contributed by atoms with Crippen LogP contribution in [0.3, 0.4) is 0 Å². The smallest absolute Gasteiger partial charge is 0.407 e. The number of hydrogen-bond donors (Lipinski definition) is 2. The Kier molecular flexibility index (Phi) is 8.73. The fourth-order valence-corrected chi connectivity index (χ4v) is 4.05. The molecule has 2 N–H and O–H groups in total. The van der Waals surface area contributed by atoms with Gasteiger partial charge in [0.2, 0.25) is 5.91 Å². The molecule has 2 amide bonds. The van der Waals surface area contributed by atoms with Gasteiger partial charge in [0.1, 0.15) is 11.9 Å². The zero-order chi connectivity index (χ0) is 21.6. The molecule has 1 aromatic rings. The predicted octanol–water partition coefficient (Wildman–Crippen LogP) is 5.43. The highest BCUT2D eigenvalue weighted by Gasteiger charge is 2.31. The average molecular weight is 515 g/mol. The Morgan fingerprint density at radius 1 is 1.34 bits per heavy atom. The molecule has 7 heteroatoms. The SMILES string of the molecule is CCCC(OC(=O)N[C@@H]1CCC[C@H](C(=O)Nc2cc(I)c(C)cn2)C1)C(C)(C)C. The van der Waals surface area contributed by atoms with Crippen molar-refractivity contribution < 1.29 is 14.3 Å². The first-order valence-corrected chi connectivity index (χ1v) is 11.6. The lowest BCUT2D eigenvalue weighted by Crippen LogP contribution is -2.43. The third-order valence-corrected chi connectivity index (χ3v) is 6.58. The van der Waals surface area contributed by atoms with Gasteiger partial charge >= 0.3 is 6.09 Å². The molecule has 0 bridgehead atoms. The molecule has 162 valence electrons. The van der Waals surface area contributed by atoms with Crippen molar-refractivity contribution in [2.75, 3.05) is 5.32 Å². The van der Waals surface area contributed by atoms with Crippen molar-refractivity contribution in [2.24, 2.45) is 11.3 Å². The highest BCUT2D eigenvalue weighted by molar-refractivity contribution is 14.1. The normalized spacial score (nSPS) is 20.6. The molecule has 3 atom stereocenters. The molecule has 0 aromatic carbocycles. The van der Waals surface area contributed by atoms with E-state index in [2.05, 4.69) is 65.9 Å². The standard InChI is InChI=1S/C22H34IN3O3/c1-6-8-18(22(3,4)5)29-21(28)25-16-10-7-9-15(11-16)20(27)26-19-12-17(23)14(2)13-24-19/h12-13,15-16,18H,6-11H2,1-5H3,(H,25,28)(H,24,26,27)/t15-,16+,18?/m0/s1. The minimum absolute atomic E-state index is 0.0319. The van der Waals surface area contributed by atoms with Gasteiger partial charge in [-0.15, -0.1) is 0 Å². The third kappa shape index (κ3) is 7.42. The van der Waals surface area contributed by atoms with Gasteiger partial charge < -0.3 is 15.4 Å².